The Bertz CT molecular complexity index is 473. The summed E-state index contributed by atoms with van der Waals surface area (Å²) < 4.78 is 11.1. The van der Waals surface area contributed by atoms with Crippen LogP contribution in [0.1, 0.15) is 25.7 Å². The molecule has 5 nitrogen and oxygen atoms in total. The fourth-order valence-corrected chi connectivity index (χ4v) is 3.38. The first-order valence-electron chi connectivity index (χ1n) is 6.99. The van der Waals surface area contributed by atoms with Crippen molar-refractivity contribution < 1.29 is 19.4 Å². The molecule has 108 valence electrons. The van der Waals surface area contributed by atoms with Gasteiger partial charge in [-0.1, -0.05) is 0 Å². The molecule has 3 rings (SSSR count). The van der Waals surface area contributed by atoms with Gasteiger partial charge < -0.3 is 19.5 Å². The zero-order chi connectivity index (χ0) is 14.1. The van der Waals surface area contributed by atoms with Crippen molar-refractivity contribution in [2.75, 3.05) is 7.11 Å². The lowest BCUT2D eigenvalue weighted by Crippen LogP contribution is -2.48. The summed E-state index contributed by atoms with van der Waals surface area (Å²) in [5.74, 6) is 1.62. The Morgan fingerprint density at radius 1 is 1.15 bits per heavy atom. The van der Waals surface area contributed by atoms with E-state index in [9.17, 15) is 9.90 Å². The van der Waals surface area contributed by atoms with E-state index in [2.05, 4.69) is 0 Å². The fraction of sp³-hybridized carbons (Fsp3) is 0.533. The number of hydrogen-bond acceptors (Lipinski definition) is 3. The smallest absolute Gasteiger partial charge is 0.407 e. The molecule has 20 heavy (non-hydrogen) atoms. The Morgan fingerprint density at radius 3 is 2.20 bits per heavy atom. The van der Waals surface area contributed by atoms with E-state index in [-0.39, 0.29) is 18.2 Å². The zero-order valence-electron chi connectivity index (χ0n) is 11.5. The topological polar surface area (TPSA) is 59.0 Å². The molecular formula is C15H19NO4. The molecule has 1 amide bonds. The van der Waals surface area contributed by atoms with Gasteiger partial charge in [-0.15, -0.1) is 0 Å². The highest BCUT2D eigenvalue weighted by atomic mass is 16.5. The molecule has 0 aliphatic carbocycles. The highest BCUT2D eigenvalue weighted by Gasteiger charge is 2.44. The van der Waals surface area contributed by atoms with Crippen LogP contribution in [0.25, 0.3) is 0 Å². The molecule has 1 N–H and O–H groups in total. The number of ether oxygens (including phenoxy) is 2. The van der Waals surface area contributed by atoms with Gasteiger partial charge in [0.25, 0.3) is 0 Å². The van der Waals surface area contributed by atoms with Gasteiger partial charge in [0.05, 0.1) is 7.11 Å². The Hall–Kier alpha value is -1.91. The summed E-state index contributed by atoms with van der Waals surface area (Å²) in [4.78, 5) is 12.8. The number of benzene rings is 1. The highest BCUT2D eigenvalue weighted by Crippen LogP contribution is 2.37. The summed E-state index contributed by atoms with van der Waals surface area (Å²) in [6.45, 7) is 0. The monoisotopic (exact) mass is 277 g/mol. The number of carboxylic acid groups (broad SMARTS) is 1. The minimum absolute atomic E-state index is 0.108. The van der Waals surface area contributed by atoms with E-state index in [1.165, 1.54) is 0 Å². The van der Waals surface area contributed by atoms with Crippen molar-refractivity contribution >= 4 is 6.09 Å². The third kappa shape index (κ3) is 2.40. The first-order chi connectivity index (χ1) is 9.67. The first kappa shape index (κ1) is 13.1. The molecule has 0 unspecified atom stereocenters. The molecule has 2 aliphatic heterocycles. The van der Waals surface area contributed by atoms with E-state index in [1.807, 2.05) is 24.3 Å². The van der Waals surface area contributed by atoms with E-state index < -0.39 is 6.09 Å². The summed E-state index contributed by atoms with van der Waals surface area (Å²) in [5.41, 5.74) is 0. The SMILES string of the molecule is COc1ccc(O[C@H]2C[C@H]3CC[C@@H](C2)N3C(=O)O)cc1. The minimum atomic E-state index is -0.791. The Balaban J connectivity index is 1.64. The van der Waals surface area contributed by atoms with Crippen LogP contribution in [0.2, 0.25) is 0 Å². The van der Waals surface area contributed by atoms with Crippen LogP contribution >= 0.6 is 0 Å². The number of methoxy groups -OCH3 is 1. The molecule has 0 saturated carbocycles. The molecule has 1 aromatic carbocycles. The third-order valence-corrected chi connectivity index (χ3v) is 4.27. The molecule has 3 atom stereocenters. The standard InChI is InChI=1S/C15H19NO4/c1-19-12-4-6-13(7-5-12)20-14-8-10-2-3-11(9-14)16(10)15(17)18/h4-7,10-11,14H,2-3,8-9H2,1H3,(H,17,18)/t10-,11+,14+. The van der Waals surface area contributed by atoms with E-state index in [1.54, 1.807) is 12.0 Å². The van der Waals surface area contributed by atoms with Crippen molar-refractivity contribution in [3.63, 3.8) is 0 Å². The molecule has 2 saturated heterocycles. The average Bonchev–Trinajstić information content (AvgIpc) is 2.72. The lowest BCUT2D eigenvalue weighted by Gasteiger charge is -2.37. The average molecular weight is 277 g/mol. The number of nitrogens with zero attached hydrogens (tertiary/aromatic N) is 1. The summed E-state index contributed by atoms with van der Waals surface area (Å²) in [7, 11) is 1.63. The van der Waals surface area contributed by atoms with Crippen LogP contribution < -0.4 is 9.47 Å². The van der Waals surface area contributed by atoms with Gasteiger partial charge in [0.1, 0.15) is 17.6 Å². The zero-order valence-corrected chi connectivity index (χ0v) is 11.5. The molecule has 2 heterocycles. The van der Waals surface area contributed by atoms with Gasteiger partial charge >= 0.3 is 6.09 Å². The van der Waals surface area contributed by atoms with Crippen molar-refractivity contribution in [2.24, 2.45) is 0 Å². The highest BCUT2D eigenvalue weighted by molar-refractivity contribution is 5.66. The number of rotatable bonds is 3. The van der Waals surface area contributed by atoms with Gasteiger partial charge in [-0.3, -0.25) is 0 Å². The van der Waals surface area contributed by atoms with E-state index in [4.69, 9.17) is 9.47 Å². The lowest BCUT2D eigenvalue weighted by atomic mass is 10.0. The van der Waals surface area contributed by atoms with Crippen molar-refractivity contribution in [3.8, 4) is 11.5 Å². The van der Waals surface area contributed by atoms with E-state index >= 15 is 0 Å². The van der Waals surface area contributed by atoms with Crippen LogP contribution in [0, 0.1) is 0 Å². The summed E-state index contributed by atoms with van der Waals surface area (Å²) in [5, 5.41) is 9.22. The van der Waals surface area contributed by atoms with Crippen molar-refractivity contribution in [1.29, 1.82) is 0 Å². The largest absolute Gasteiger partial charge is 0.497 e. The number of carbonyl (C=O) groups is 1. The maximum Gasteiger partial charge on any atom is 0.407 e. The van der Waals surface area contributed by atoms with Crippen LogP contribution in [0.15, 0.2) is 24.3 Å². The van der Waals surface area contributed by atoms with Crippen LogP contribution in [-0.4, -0.2) is 41.4 Å². The van der Waals surface area contributed by atoms with E-state index in [0.29, 0.717) is 0 Å². The lowest BCUT2D eigenvalue weighted by molar-refractivity contribution is 0.0496. The molecule has 2 bridgehead atoms. The summed E-state index contributed by atoms with van der Waals surface area (Å²) >= 11 is 0. The second kappa shape index (κ2) is 5.23. The number of fused-ring (bicyclic) bond motifs is 2. The van der Waals surface area contributed by atoms with Gasteiger partial charge in [0.15, 0.2) is 0 Å². The van der Waals surface area contributed by atoms with Crippen molar-refractivity contribution in [1.82, 2.24) is 4.90 Å². The number of hydrogen-bond donors (Lipinski definition) is 1. The Labute approximate surface area is 118 Å². The van der Waals surface area contributed by atoms with Gasteiger partial charge in [-0.2, -0.15) is 0 Å². The fourth-order valence-electron chi connectivity index (χ4n) is 3.38. The second-order valence-electron chi connectivity index (χ2n) is 5.46. The minimum Gasteiger partial charge on any atom is -0.497 e. The van der Waals surface area contributed by atoms with Crippen LogP contribution in [-0.2, 0) is 0 Å². The molecule has 0 radical (unpaired) electrons. The van der Waals surface area contributed by atoms with Gasteiger partial charge in [-0.25, -0.2) is 4.79 Å². The maximum atomic E-state index is 11.2. The van der Waals surface area contributed by atoms with Crippen molar-refractivity contribution in [2.45, 2.75) is 43.9 Å². The van der Waals surface area contributed by atoms with Gasteiger partial charge in [0.2, 0.25) is 0 Å². The molecule has 0 aromatic heterocycles. The van der Waals surface area contributed by atoms with Crippen LogP contribution in [0.5, 0.6) is 11.5 Å². The number of piperidine rings is 1. The third-order valence-electron chi connectivity index (χ3n) is 4.27. The molecule has 0 spiro atoms. The Kier molecular flexibility index (Phi) is 3.42. The maximum absolute atomic E-state index is 11.2. The van der Waals surface area contributed by atoms with Crippen molar-refractivity contribution in [3.05, 3.63) is 24.3 Å². The summed E-state index contributed by atoms with van der Waals surface area (Å²) in [6, 6.07) is 7.77. The van der Waals surface area contributed by atoms with E-state index in [0.717, 1.165) is 37.2 Å². The van der Waals surface area contributed by atoms with Crippen LogP contribution in [0.3, 0.4) is 0 Å². The quantitative estimate of drug-likeness (QED) is 0.923. The molecule has 1 aromatic rings. The molecule has 2 fully saturated rings. The Morgan fingerprint density at radius 2 is 1.70 bits per heavy atom. The van der Waals surface area contributed by atoms with Gasteiger partial charge in [-0.05, 0) is 37.1 Å². The predicted octanol–water partition coefficient (Wildman–Crippen LogP) is 2.75. The predicted molar refractivity (Wildman–Crippen MR) is 73.3 cm³/mol. The molecule has 2 aliphatic rings. The normalized spacial score (nSPS) is 28.2. The van der Waals surface area contributed by atoms with Crippen LogP contribution in [0.4, 0.5) is 4.79 Å². The molecule has 5 heteroatoms. The summed E-state index contributed by atoms with van der Waals surface area (Å²) in [6.07, 6.45) is 2.81. The molecular weight excluding hydrogens is 258 g/mol. The first-order valence-corrected chi connectivity index (χ1v) is 6.99. The van der Waals surface area contributed by atoms with Gasteiger partial charge in [0, 0.05) is 24.9 Å². The second-order valence-corrected chi connectivity index (χ2v) is 5.46. The number of amides is 1.